The van der Waals surface area contributed by atoms with Gasteiger partial charge in [0.05, 0.1) is 0 Å². The summed E-state index contributed by atoms with van der Waals surface area (Å²) >= 11 is 0. The second-order valence-corrected chi connectivity index (χ2v) is 6.95. The van der Waals surface area contributed by atoms with Gasteiger partial charge in [0.2, 0.25) is 0 Å². The van der Waals surface area contributed by atoms with Crippen LogP contribution >= 0.6 is 0 Å². The van der Waals surface area contributed by atoms with Gasteiger partial charge in [-0.05, 0) is 39.9 Å². The molecule has 0 saturated heterocycles. The van der Waals surface area contributed by atoms with Crippen molar-refractivity contribution in [2.45, 2.75) is 58.8 Å². The monoisotopic (exact) mass is 216 g/mol. The molecule has 0 radical (unpaired) electrons. The molecule has 16 heavy (non-hydrogen) atoms. The summed E-state index contributed by atoms with van der Waals surface area (Å²) in [5.41, 5.74) is 5.21. The van der Waals surface area contributed by atoms with Crippen LogP contribution in [0.4, 0.5) is 0 Å². The third-order valence-corrected chi connectivity index (χ3v) is 4.43. The van der Waals surface area contributed by atoms with Gasteiger partial charge in [-0.3, -0.25) is 0 Å². The first-order valence-corrected chi connectivity index (χ1v) is 6.37. The highest BCUT2D eigenvalue weighted by molar-refractivity contribution is 5.43. The van der Waals surface area contributed by atoms with Gasteiger partial charge in [0.1, 0.15) is 0 Å². The Morgan fingerprint density at radius 1 is 1.19 bits per heavy atom. The Bertz CT molecular complexity index is 405. The van der Waals surface area contributed by atoms with E-state index >= 15 is 0 Å². The molecule has 0 N–H and O–H groups in total. The number of benzene rings is 1. The van der Waals surface area contributed by atoms with Crippen molar-refractivity contribution in [3.05, 3.63) is 34.9 Å². The molecular formula is C16H24. The van der Waals surface area contributed by atoms with Crippen molar-refractivity contribution in [3.63, 3.8) is 0 Å². The van der Waals surface area contributed by atoms with Crippen molar-refractivity contribution in [2.75, 3.05) is 0 Å². The molecule has 0 fully saturated rings. The summed E-state index contributed by atoms with van der Waals surface area (Å²) in [5, 5.41) is 0. The van der Waals surface area contributed by atoms with Crippen LogP contribution in [0.5, 0.6) is 0 Å². The molecule has 1 aliphatic carbocycles. The zero-order valence-electron chi connectivity index (χ0n) is 11.5. The summed E-state index contributed by atoms with van der Waals surface area (Å²) in [5.74, 6) is 0.762. The molecule has 0 aromatic heterocycles. The Labute approximate surface area is 100 Å². The molecule has 0 bridgehead atoms. The predicted octanol–water partition coefficient (Wildman–Crippen LogP) is 4.45. The third-order valence-electron chi connectivity index (χ3n) is 4.43. The molecule has 1 aromatic carbocycles. The van der Waals surface area contributed by atoms with E-state index in [4.69, 9.17) is 0 Å². The van der Waals surface area contributed by atoms with E-state index in [1.165, 1.54) is 12.0 Å². The number of hydrogen-bond acceptors (Lipinski definition) is 0. The molecule has 1 atom stereocenters. The van der Waals surface area contributed by atoms with Crippen molar-refractivity contribution < 1.29 is 0 Å². The molecule has 0 nitrogen and oxygen atoms in total. The standard InChI is InChI=1S/C16H24/c1-11-9-12-7-8-13(15(2,3)4)10-14(12)16(11,5)6/h7-8,10-11H,9H2,1-6H3. The highest BCUT2D eigenvalue weighted by Gasteiger charge is 2.36. The van der Waals surface area contributed by atoms with Crippen molar-refractivity contribution >= 4 is 0 Å². The number of rotatable bonds is 0. The van der Waals surface area contributed by atoms with Crippen LogP contribution in [-0.2, 0) is 17.3 Å². The molecule has 88 valence electrons. The summed E-state index contributed by atoms with van der Waals surface area (Å²) < 4.78 is 0. The van der Waals surface area contributed by atoms with Crippen molar-refractivity contribution in [3.8, 4) is 0 Å². The van der Waals surface area contributed by atoms with Crippen LogP contribution in [0.1, 0.15) is 58.2 Å². The highest BCUT2D eigenvalue weighted by atomic mass is 14.4. The number of fused-ring (bicyclic) bond motifs is 1. The van der Waals surface area contributed by atoms with E-state index in [0.717, 1.165) is 5.92 Å². The zero-order chi connectivity index (χ0) is 12.1. The predicted molar refractivity (Wildman–Crippen MR) is 71.0 cm³/mol. The molecule has 2 rings (SSSR count). The molecule has 0 spiro atoms. The molecule has 1 unspecified atom stereocenters. The van der Waals surface area contributed by atoms with Crippen molar-refractivity contribution in [1.29, 1.82) is 0 Å². The molecule has 0 heterocycles. The molecule has 0 heteroatoms. The van der Waals surface area contributed by atoms with E-state index in [9.17, 15) is 0 Å². The Morgan fingerprint density at radius 3 is 2.38 bits per heavy atom. The Balaban J connectivity index is 2.53. The van der Waals surface area contributed by atoms with Crippen LogP contribution in [0.25, 0.3) is 0 Å². The van der Waals surface area contributed by atoms with E-state index in [1.807, 2.05) is 0 Å². The van der Waals surface area contributed by atoms with E-state index in [1.54, 1.807) is 11.1 Å². The average molecular weight is 216 g/mol. The lowest BCUT2D eigenvalue weighted by Gasteiger charge is -2.27. The van der Waals surface area contributed by atoms with Gasteiger partial charge in [-0.1, -0.05) is 59.7 Å². The average Bonchev–Trinajstić information content (AvgIpc) is 2.37. The Morgan fingerprint density at radius 2 is 1.81 bits per heavy atom. The first kappa shape index (κ1) is 11.7. The normalized spacial score (nSPS) is 23.2. The lowest BCUT2D eigenvalue weighted by Crippen LogP contribution is -2.22. The minimum absolute atomic E-state index is 0.261. The second kappa shape index (κ2) is 3.35. The maximum atomic E-state index is 2.44. The first-order chi connectivity index (χ1) is 7.23. The topological polar surface area (TPSA) is 0 Å². The van der Waals surface area contributed by atoms with Crippen LogP contribution in [0.3, 0.4) is 0 Å². The van der Waals surface area contributed by atoms with Crippen molar-refractivity contribution in [2.24, 2.45) is 5.92 Å². The van der Waals surface area contributed by atoms with Crippen LogP contribution in [0.2, 0.25) is 0 Å². The fraction of sp³-hybridized carbons (Fsp3) is 0.625. The van der Waals surface area contributed by atoms with Gasteiger partial charge >= 0.3 is 0 Å². The maximum Gasteiger partial charge on any atom is -0.00719 e. The van der Waals surface area contributed by atoms with Gasteiger partial charge < -0.3 is 0 Å². The molecule has 1 aromatic rings. The van der Waals surface area contributed by atoms with Gasteiger partial charge in [0.15, 0.2) is 0 Å². The summed E-state index contributed by atoms with van der Waals surface area (Å²) in [6.07, 6.45) is 1.24. The summed E-state index contributed by atoms with van der Waals surface area (Å²) in [6, 6.07) is 7.10. The van der Waals surface area contributed by atoms with E-state index in [2.05, 4.69) is 59.7 Å². The Kier molecular flexibility index (Phi) is 2.45. The minimum Gasteiger partial charge on any atom is -0.0614 e. The first-order valence-electron chi connectivity index (χ1n) is 6.37. The summed E-state index contributed by atoms with van der Waals surface area (Å²) in [7, 11) is 0. The SMILES string of the molecule is CC1Cc2ccc(C(C)(C)C)cc2C1(C)C. The van der Waals surface area contributed by atoms with Crippen LogP contribution < -0.4 is 0 Å². The third kappa shape index (κ3) is 1.69. The second-order valence-electron chi connectivity index (χ2n) is 6.95. The molecule has 1 aliphatic rings. The largest absolute Gasteiger partial charge is 0.0614 e. The quantitative estimate of drug-likeness (QED) is 0.601. The highest BCUT2D eigenvalue weighted by Crippen LogP contribution is 2.43. The molecule has 0 aliphatic heterocycles. The van der Waals surface area contributed by atoms with E-state index < -0.39 is 0 Å². The zero-order valence-corrected chi connectivity index (χ0v) is 11.5. The fourth-order valence-corrected chi connectivity index (χ4v) is 2.67. The molecular weight excluding hydrogens is 192 g/mol. The van der Waals surface area contributed by atoms with Crippen LogP contribution in [-0.4, -0.2) is 0 Å². The van der Waals surface area contributed by atoms with Crippen LogP contribution in [0, 0.1) is 5.92 Å². The smallest absolute Gasteiger partial charge is 0.00719 e. The fourth-order valence-electron chi connectivity index (χ4n) is 2.67. The number of hydrogen-bond donors (Lipinski definition) is 0. The molecule has 0 saturated carbocycles. The Hall–Kier alpha value is -0.780. The van der Waals surface area contributed by atoms with Gasteiger partial charge in [0.25, 0.3) is 0 Å². The van der Waals surface area contributed by atoms with Gasteiger partial charge in [-0.2, -0.15) is 0 Å². The summed E-state index contributed by atoms with van der Waals surface area (Å²) in [4.78, 5) is 0. The van der Waals surface area contributed by atoms with Gasteiger partial charge in [-0.25, -0.2) is 0 Å². The van der Waals surface area contributed by atoms with E-state index in [-0.39, 0.29) is 5.41 Å². The lowest BCUT2D eigenvalue weighted by molar-refractivity contribution is 0.379. The van der Waals surface area contributed by atoms with E-state index in [0.29, 0.717) is 5.41 Å². The van der Waals surface area contributed by atoms with Crippen LogP contribution in [0.15, 0.2) is 18.2 Å². The van der Waals surface area contributed by atoms with Gasteiger partial charge in [0, 0.05) is 0 Å². The van der Waals surface area contributed by atoms with Crippen molar-refractivity contribution in [1.82, 2.24) is 0 Å². The minimum atomic E-state index is 0.261. The summed E-state index contributed by atoms with van der Waals surface area (Å²) in [6.45, 7) is 14.0. The molecule has 0 amide bonds. The van der Waals surface area contributed by atoms with Gasteiger partial charge in [-0.15, -0.1) is 0 Å². The lowest BCUT2D eigenvalue weighted by atomic mass is 9.77. The maximum absolute atomic E-state index is 2.44.